The molecule has 6 aromatic carbocycles. The van der Waals surface area contributed by atoms with Gasteiger partial charge < -0.3 is 29.8 Å². The van der Waals surface area contributed by atoms with Gasteiger partial charge in [0.25, 0.3) is 11.8 Å². The third-order valence-electron chi connectivity index (χ3n) is 14.1. The van der Waals surface area contributed by atoms with E-state index >= 15 is 0 Å². The second-order valence-corrected chi connectivity index (χ2v) is 22.9. The molecule has 2 N–H and O–H groups in total. The Hall–Kier alpha value is -7.76. The number of hydrogen-bond donors (Lipinski definition) is 2. The first-order valence-corrected chi connectivity index (χ1v) is 27.3. The van der Waals surface area contributed by atoms with Crippen molar-refractivity contribution in [3.05, 3.63) is 199 Å². The minimum atomic E-state index is -1.11. The molecule has 6 aromatic rings. The predicted octanol–water partition coefficient (Wildman–Crippen LogP) is 13.5. The maximum Gasteiger partial charge on any atom is 0.323 e. The molecule has 10 rings (SSSR count). The topological polar surface area (TPSA) is 128 Å². The number of rotatable bonds is 14. The van der Waals surface area contributed by atoms with Crippen molar-refractivity contribution in [3.8, 4) is 0 Å². The smallest absolute Gasteiger partial charge is 0.323 e. The lowest BCUT2D eigenvalue weighted by Crippen LogP contribution is -2.46. The molecule has 0 saturated carbocycles. The van der Waals surface area contributed by atoms with Crippen molar-refractivity contribution in [2.24, 2.45) is 0 Å². The van der Waals surface area contributed by atoms with Gasteiger partial charge in [-0.3, -0.25) is 29.0 Å². The Morgan fingerprint density at radius 3 is 1.23 bits per heavy atom. The summed E-state index contributed by atoms with van der Waals surface area (Å²) in [5.74, 6) is -3.04. The zero-order valence-electron chi connectivity index (χ0n) is 43.2. The molecule has 4 heterocycles. The second kappa shape index (κ2) is 21.7. The minimum Gasteiger partial charge on any atom is -0.480 e. The van der Waals surface area contributed by atoms with Crippen molar-refractivity contribution >= 4 is 138 Å². The average molecular weight is 1100 g/mol. The molecule has 388 valence electrons. The Bertz CT molecular complexity index is 3370. The van der Waals surface area contributed by atoms with Gasteiger partial charge in [-0.15, -0.1) is 0 Å². The van der Waals surface area contributed by atoms with E-state index in [0.717, 1.165) is 98.3 Å². The fraction of sp³-hybridized carbons (Fsp3) is 0.180. The standard InChI is InChI=1S/C61H54N6O6S4/c1-36-13-19-48(25-38(36)3)66(46-21-15-42(16-22-46)9-7-11-52-58(72)64(33-54(68)69)60(74)76-52)50-27-40(5)56-44(29-50)31-62-35-63(56)32-45-30-51(28-41(6)57(45)62)67(49-20-14-37(2)39(4)26-49)47-23-17-43(18-24-47)10-8-12-53-59(73)65(34-55(70)71)61(75)77-53/h7-30H,31-35H2,1-6H3,(H,68,69)(H,70,71)/b9-7+,10-8+,52-11+,53-12+. The third-order valence-corrected chi connectivity index (χ3v) is 16.9. The molecule has 2 saturated heterocycles. The Kier molecular flexibility index (Phi) is 14.8. The largest absolute Gasteiger partial charge is 0.480 e. The van der Waals surface area contributed by atoms with Crippen LogP contribution in [0.3, 0.4) is 0 Å². The van der Waals surface area contributed by atoms with Crippen LogP contribution in [0.2, 0.25) is 0 Å². The number of aryl methyl sites for hydroxylation is 6. The van der Waals surface area contributed by atoms with E-state index in [9.17, 15) is 29.4 Å². The van der Waals surface area contributed by atoms with E-state index in [1.54, 1.807) is 24.3 Å². The van der Waals surface area contributed by atoms with Crippen LogP contribution in [0.5, 0.6) is 0 Å². The normalized spacial score (nSPS) is 16.2. The van der Waals surface area contributed by atoms with Gasteiger partial charge >= 0.3 is 11.9 Å². The van der Waals surface area contributed by atoms with Crippen LogP contribution in [0.4, 0.5) is 45.5 Å². The second-order valence-electron chi connectivity index (χ2n) is 19.6. The van der Waals surface area contributed by atoms with E-state index in [-0.39, 0.29) is 8.64 Å². The van der Waals surface area contributed by atoms with Crippen molar-refractivity contribution in [2.75, 3.05) is 39.4 Å². The number of anilines is 8. The number of carboxylic acid groups (broad SMARTS) is 2. The lowest BCUT2D eigenvalue weighted by atomic mass is 9.95. The maximum absolute atomic E-state index is 12.8. The molecule has 16 heteroatoms. The van der Waals surface area contributed by atoms with Gasteiger partial charge in [-0.05, 0) is 182 Å². The van der Waals surface area contributed by atoms with Crippen LogP contribution in [0.25, 0.3) is 12.2 Å². The summed E-state index contributed by atoms with van der Waals surface area (Å²) in [6, 6.07) is 39.1. The van der Waals surface area contributed by atoms with Crippen LogP contribution in [0, 0.1) is 41.5 Å². The molecule has 0 atom stereocenters. The summed E-state index contributed by atoms with van der Waals surface area (Å²) < 4.78 is 0.469. The van der Waals surface area contributed by atoms with Crippen molar-refractivity contribution < 1.29 is 29.4 Å². The summed E-state index contributed by atoms with van der Waals surface area (Å²) in [6.07, 6.45) is 10.8. The molecule has 12 nitrogen and oxygen atoms in total. The fourth-order valence-corrected chi connectivity index (χ4v) is 12.7. The molecule has 2 fully saturated rings. The molecule has 77 heavy (non-hydrogen) atoms. The number of benzene rings is 6. The summed E-state index contributed by atoms with van der Waals surface area (Å²) >= 11 is 12.7. The molecule has 0 aliphatic carbocycles. The number of aliphatic carboxylic acids is 2. The van der Waals surface area contributed by atoms with Gasteiger partial charge in [0, 0.05) is 58.6 Å². The average Bonchev–Trinajstić information content (AvgIpc) is 3.81. The lowest BCUT2D eigenvalue weighted by Gasteiger charge is -2.47. The highest BCUT2D eigenvalue weighted by molar-refractivity contribution is 8.27. The van der Waals surface area contributed by atoms with E-state index in [1.807, 2.05) is 12.2 Å². The van der Waals surface area contributed by atoms with Gasteiger partial charge in [0.15, 0.2) is 0 Å². The van der Waals surface area contributed by atoms with E-state index in [2.05, 4.69) is 170 Å². The van der Waals surface area contributed by atoms with Crippen LogP contribution < -0.4 is 19.6 Å². The highest BCUT2D eigenvalue weighted by atomic mass is 32.2. The number of allylic oxidation sites excluding steroid dienone is 4. The van der Waals surface area contributed by atoms with E-state index in [0.29, 0.717) is 9.81 Å². The lowest BCUT2D eigenvalue weighted by molar-refractivity contribution is -0.140. The first-order valence-electron chi connectivity index (χ1n) is 24.9. The van der Waals surface area contributed by atoms with Gasteiger partial charge in [-0.1, -0.05) is 109 Å². The van der Waals surface area contributed by atoms with Gasteiger partial charge in [0.1, 0.15) is 21.7 Å². The summed E-state index contributed by atoms with van der Waals surface area (Å²) in [6.45, 7) is 14.3. The molecular weight excluding hydrogens is 1040 g/mol. The highest BCUT2D eigenvalue weighted by Crippen LogP contribution is 2.47. The number of thioether (sulfide) groups is 2. The van der Waals surface area contributed by atoms with E-state index in [4.69, 9.17) is 24.4 Å². The van der Waals surface area contributed by atoms with E-state index < -0.39 is 36.8 Å². The van der Waals surface area contributed by atoms with Crippen molar-refractivity contribution in [1.29, 1.82) is 0 Å². The van der Waals surface area contributed by atoms with Crippen LogP contribution in [-0.4, -0.2) is 72.2 Å². The Labute approximate surface area is 467 Å². The van der Waals surface area contributed by atoms with Crippen LogP contribution in [-0.2, 0) is 32.3 Å². The number of amides is 2. The third kappa shape index (κ3) is 10.8. The molecule has 0 spiro atoms. The SMILES string of the molecule is Cc1ccc(N(c2ccc(/C=C/C=C3/SC(=S)N(CC(=O)O)C3=O)cc2)c2cc(C)c3c(c2)CN2CN3Cc3cc(N(c4ccc(/C=C/C=C5/SC(=S)N(CC(=O)O)C5=O)cc4)c4ccc(C)c(C)c4)cc(C)c32)cc1C. The Morgan fingerprint density at radius 1 is 0.506 bits per heavy atom. The molecule has 0 unspecified atom stereocenters. The number of carbonyl (C=O) groups is 4. The maximum atomic E-state index is 12.8. The number of carboxylic acids is 2. The van der Waals surface area contributed by atoms with Crippen LogP contribution in [0.15, 0.2) is 143 Å². The monoisotopic (exact) mass is 1090 g/mol. The van der Waals surface area contributed by atoms with E-state index in [1.165, 1.54) is 55.9 Å². The zero-order chi connectivity index (χ0) is 54.4. The van der Waals surface area contributed by atoms with Crippen LogP contribution in [0.1, 0.15) is 55.6 Å². The van der Waals surface area contributed by atoms with Crippen molar-refractivity contribution in [3.63, 3.8) is 0 Å². The van der Waals surface area contributed by atoms with Gasteiger partial charge in [0.05, 0.1) is 16.5 Å². The highest BCUT2D eigenvalue weighted by Gasteiger charge is 2.36. The molecule has 0 aromatic heterocycles. The first kappa shape index (κ1) is 52.7. The zero-order valence-corrected chi connectivity index (χ0v) is 46.5. The number of hydrogen-bond acceptors (Lipinski definition) is 12. The molecule has 2 amide bonds. The Balaban J connectivity index is 0.931. The minimum absolute atomic E-state index is 0.234. The molecule has 0 radical (unpaired) electrons. The summed E-state index contributed by atoms with van der Waals surface area (Å²) in [5.41, 5.74) is 20.3. The van der Waals surface area contributed by atoms with Gasteiger partial charge in [0.2, 0.25) is 0 Å². The molecule has 2 bridgehead atoms. The number of thiocarbonyl (C=S) groups is 2. The number of carbonyl (C=O) groups excluding carboxylic acids is 2. The summed E-state index contributed by atoms with van der Waals surface area (Å²) in [5, 5.41) is 18.4. The van der Waals surface area contributed by atoms with Crippen molar-refractivity contribution in [2.45, 2.75) is 54.6 Å². The Morgan fingerprint density at radius 2 is 0.870 bits per heavy atom. The summed E-state index contributed by atoms with van der Waals surface area (Å²) in [7, 11) is 0. The molecule has 4 aliphatic rings. The number of nitrogens with zero attached hydrogens (tertiary/aromatic N) is 6. The van der Waals surface area contributed by atoms with Crippen LogP contribution >= 0.6 is 48.0 Å². The van der Waals surface area contributed by atoms with Crippen molar-refractivity contribution in [1.82, 2.24) is 9.80 Å². The van der Waals surface area contributed by atoms with Gasteiger partial charge in [-0.2, -0.15) is 0 Å². The summed E-state index contributed by atoms with van der Waals surface area (Å²) in [4.78, 5) is 60.8. The number of fused-ring (bicyclic) bond motifs is 6. The fourth-order valence-electron chi connectivity index (χ4n) is 10.2. The molecular formula is C61H54N6O6S4. The predicted molar refractivity (Wildman–Crippen MR) is 321 cm³/mol. The molecule has 4 aliphatic heterocycles. The quantitative estimate of drug-likeness (QED) is 0.0793. The first-order chi connectivity index (χ1) is 36.9. The van der Waals surface area contributed by atoms with Gasteiger partial charge in [-0.25, -0.2) is 0 Å².